The highest BCUT2D eigenvalue weighted by molar-refractivity contribution is 8.00. The van der Waals surface area contributed by atoms with Crippen LogP contribution in [0.25, 0.3) is 0 Å². The van der Waals surface area contributed by atoms with Crippen molar-refractivity contribution < 1.29 is 22.7 Å². The van der Waals surface area contributed by atoms with Crippen molar-refractivity contribution in [2.45, 2.75) is 10.4 Å². The molecule has 0 fully saturated rings. The Kier molecular flexibility index (Phi) is 4.43. The minimum atomic E-state index is -4.42. The summed E-state index contributed by atoms with van der Waals surface area (Å²) >= 11 is -0.370. The maximum absolute atomic E-state index is 13.2. The van der Waals surface area contributed by atoms with E-state index in [-0.39, 0.29) is 35.5 Å². The molecule has 1 aromatic carbocycles. The van der Waals surface area contributed by atoms with Crippen LogP contribution in [0.2, 0.25) is 0 Å². The normalized spacial score (nSPS) is 11.6. The fourth-order valence-corrected chi connectivity index (χ4v) is 1.59. The molecule has 2 nitrogen and oxygen atoms in total. The van der Waals surface area contributed by atoms with Crippen molar-refractivity contribution in [3.8, 4) is 0 Å². The van der Waals surface area contributed by atoms with Gasteiger partial charge < -0.3 is 10.4 Å². The molecule has 0 saturated carbocycles. The van der Waals surface area contributed by atoms with Gasteiger partial charge in [0.25, 0.3) is 0 Å². The van der Waals surface area contributed by atoms with Gasteiger partial charge in [0, 0.05) is 11.4 Å². The molecule has 90 valence electrons. The average molecular weight is 255 g/mol. The minimum absolute atomic E-state index is 0.0700. The molecule has 0 radical (unpaired) electrons. The summed E-state index contributed by atoms with van der Waals surface area (Å²) in [6.45, 7) is -0.0405. The van der Waals surface area contributed by atoms with Crippen molar-refractivity contribution in [2.75, 3.05) is 18.5 Å². The molecule has 0 unspecified atom stereocenters. The third-order valence-corrected chi connectivity index (χ3v) is 2.32. The van der Waals surface area contributed by atoms with Gasteiger partial charge in [-0.3, -0.25) is 0 Å². The molecule has 0 aliphatic carbocycles. The molecular weight excluding hydrogens is 246 g/mol. The van der Waals surface area contributed by atoms with E-state index in [1.165, 1.54) is 12.1 Å². The molecule has 2 N–H and O–H groups in total. The Labute approximate surface area is 93.7 Å². The Morgan fingerprint density at radius 2 is 2.00 bits per heavy atom. The van der Waals surface area contributed by atoms with Gasteiger partial charge >= 0.3 is 5.51 Å². The highest BCUT2D eigenvalue weighted by Crippen LogP contribution is 2.37. The summed E-state index contributed by atoms with van der Waals surface area (Å²) in [6, 6.07) is 3.18. The van der Waals surface area contributed by atoms with E-state index in [4.69, 9.17) is 5.11 Å². The third kappa shape index (κ3) is 4.28. The van der Waals surface area contributed by atoms with Gasteiger partial charge in [-0.15, -0.1) is 0 Å². The van der Waals surface area contributed by atoms with E-state index in [1.54, 1.807) is 0 Å². The van der Waals surface area contributed by atoms with Crippen molar-refractivity contribution in [3.05, 3.63) is 24.0 Å². The summed E-state index contributed by atoms with van der Waals surface area (Å²) in [4.78, 5) is -0.209. The first-order valence-electron chi connectivity index (χ1n) is 4.32. The summed E-state index contributed by atoms with van der Waals surface area (Å²) < 4.78 is 49.1. The van der Waals surface area contributed by atoms with Gasteiger partial charge in [0.05, 0.1) is 12.3 Å². The van der Waals surface area contributed by atoms with Gasteiger partial charge in [-0.1, -0.05) is 0 Å². The maximum atomic E-state index is 13.2. The quantitative estimate of drug-likeness (QED) is 0.641. The molecule has 0 atom stereocenters. The fourth-order valence-electron chi connectivity index (χ4n) is 1.03. The predicted octanol–water partition coefficient (Wildman–Crippen LogP) is 2.84. The molecule has 0 spiro atoms. The van der Waals surface area contributed by atoms with Crippen molar-refractivity contribution in [1.82, 2.24) is 0 Å². The van der Waals surface area contributed by atoms with Gasteiger partial charge in [0.2, 0.25) is 0 Å². The Hall–Kier alpha value is -0.950. The number of nitrogens with one attached hydrogen (secondary N) is 1. The van der Waals surface area contributed by atoms with Crippen LogP contribution in [-0.4, -0.2) is 23.8 Å². The van der Waals surface area contributed by atoms with Crippen LogP contribution in [0.5, 0.6) is 0 Å². The van der Waals surface area contributed by atoms with Crippen molar-refractivity contribution in [1.29, 1.82) is 0 Å². The SMILES string of the molecule is OCCNc1ccc(SC(F)(F)F)cc1F. The fraction of sp³-hybridized carbons (Fsp3) is 0.333. The van der Waals surface area contributed by atoms with Crippen LogP contribution in [0.1, 0.15) is 0 Å². The molecule has 0 aliphatic rings. The molecule has 0 bridgehead atoms. The molecule has 16 heavy (non-hydrogen) atoms. The van der Waals surface area contributed by atoms with E-state index in [0.29, 0.717) is 0 Å². The largest absolute Gasteiger partial charge is 0.446 e. The van der Waals surface area contributed by atoms with Gasteiger partial charge in [0.1, 0.15) is 5.82 Å². The van der Waals surface area contributed by atoms with Crippen LogP contribution >= 0.6 is 11.8 Å². The lowest BCUT2D eigenvalue weighted by Crippen LogP contribution is -2.07. The first kappa shape index (κ1) is 13.1. The highest BCUT2D eigenvalue weighted by Gasteiger charge is 2.29. The molecule has 7 heteroatoms. The van der Waals surface area contributed by atoms with Crippen molar-refractivity contribution in [2.24, 2.45) is 0 Å². The molecule has 0 aliphatic heterocycles. The van der Waals surface area contributed by atoms with Crippen LogP contribution < -0.4 is 5.32 Å². The lowest BCUT2D eigenvalue weighted by Gasteiger charge is -2.09. The van der Waals surface area contributed by atoms with Gasteiger partial charge in [-0.2, -0.15) is 13.2 Å². The second-order valence-corrected chi connectivity index (χ2v) is 3.98. The average Bonchev–Trinajstić information content (AvgIpc) is 2.14. The number of thioether (sulfide) groups is 1. The lowest BCUT2D eigenvalue weighted by molar-refractivity contribution is -0.0328. The molecule has 0 heterocycles. The first-order valence-corrected chi connectivity index (χ1v) is 5.14. The Morgan fingerprint density at radius 3 is 2.50 bits per heavy atom. The third-order valence-electron chi connectivity index (χ3n) is 1.60. The number of rotatable bonds is 4. The van der Waals surface area contributed by atoms with Crippen LogP contribution in [0.4, 0.5) is 23.2 Å². The van der Waals surface area contributed by atoms with Crippen molar-refractivity contribution >= 4 is 17.4 Å². The molecule has 0 saturated heterocycles. The summed E-state index contributed by atoms with van der Waals surface area (Å²) in [5.41, 5.74) is -4.35. The highest BCUT2D eigenvalue weighted by atomic mass is 32.2. The molecule has 1 aromatic rings. The summed E-state index contributed by atoms with van der Waals surface area (Å²) in [7, 11) is 0. The zero-order valence-electron chi connectivity index (χ0n) is 8.01. The maximum Gasteiger partial charge on any atom is 0.446 e. The topological polar surface area (TPSA) is 32.3 Å². The second-order valence-electron chi connectivity index (χ2n) is 2.84. The Bertz CT molecular complexity index is 356. The summed E-state index contributed by atoms with van der Waals surface area (Å²) in [5.74, 6) is -0.775. The number of anilines is 1. The number of aliphatic hydroxyl groups excluding tert-OH is 1. The number of hydrogen-bond acceptors (Lipinski definition) is 3. The lowest BCUT2D eigenvalue weighted by atomic mass is 10.3. The molecular formula is C9H9F4NOS. The van der Waals surface area contributed by atoms with Crippen LogP contribution in [0.15, 0.2) is 23.1 Å². The Balaban J connectivity index is 2.74. The standard InChI is InChI=1S/C9H9F4NOS/c10-7-5-6(16-9(11,12)13)1-2-8(7)14-3-4-15/h1-2,5,14-15H,3-4H2. The van der Waals surface area contributed by atoms with Crippen LogP contribution in [-0.2, 0) is 0 Å². The molecule has 1 rings (SSSR count). The monoisotopic (exact) mass is 255 g/mol. The zero-order chi connectivity index (χ0) is 12.2. The second kappa shape index (κ2) is 5.40. The van der Waals surface area contributed by atoms with Crippen LogP contribution in [0, 0.1) is 5.82 Å². The van der Waals surface area contributed by atoms with E-state index in [2.05, 4.69) is 5.32 Å². The smallest absolute Gasteiger partial charge is 0.395 e. The minimum Gasteiger partial charge on any atom is -0.395 e. The zero-order valence-corrected chi connectivity index (χ0v) is 8.83. The number of halogens is 4. The first-order chi connectivity index (χ1) is 7.42. The van der Waals surface area contributed by atoms with Crippen LogP contribution in [0.3, 0.4) is 0 Å². The number of alkyl halides is 3. The van der Waals surface area contributed by atoms with E-state index < -0.39 is 11.3 Å². The predicted molar refractivity (Wildman–Crippen MR) is 53.9 cm³/mol. The summed E-state index contributed by atoms with van der Waals surface area (Å²) in [5, 5.41) is 11.0. The van der Waals surface area contributed by atoms with Crippen molar-refractivity contribution in [3.63, 3.8) is 0 Å². The number of hydrogen-bond donors (Lipinski definition) is 2. The summed E-state index contributed by atoms with van der Waals surface area (Å²) in [6.07, 6.45) is 0. The van der Waals surface area contributed by atoms with Gasteiger partial charge in [-0.25, -0.2) is 4.39 Å². The van der Waals surface area contributed by atoms with E-state index in [0.717, 1.165) is 6.07 Å². The van der Waals surface area contributed by atoms with E-state index >= 15 is 0 Å². The van der Waals surface area contributed by atoms with Gasteiger partial charge in [0.15, 0.2) is 0 Å². The molecule has 0 aromatic heterocycles. The van der Waals surface area contributed by atoms with E-state index in [9.17, 15) is 17.6 Å². The number of benzene rings is 1. The molecule has 0 amide bonds. The number of aliphatic hydroxyl groups is 1. The van der Waals surface area contributed by atoms with Gasteiger partial charge in [-0.05, 0) is 30.0 Å². The Morgan fingerprint density at radius 1 is 1.31 bits per heavy atom. The van der Waals surface area contributed by atoms with E-state index in [1.807, 2.05) is 0 Å².